The van der Waals surface area contributed by atoms with Crippen LogP contribution in [0.2, 0.25) is 0 Å². The average molecular weight is 829 g/mol. The first-order chi connectivity index (χ1) is 26.8. The molecule has 58 heavy (non-hydrogen) atoms. The van der Waals surface area contributed by atoms with Crippen LogP contribution in [0, 0.1) is 10.8 Å². The van der Waals surface area contributed by atoms with Crippen molar-refractivity contribution in [1.82, 2.24) is 0 Å². The molecule has 342 valence electrons. The first kappa shape index (κ1) is 59.6. The smallest absolute Gasteiger partial charge is 0.333 e. The largest absolute Gasteiger partial charge is 0.481 e. The zero-order chi connectivity index (χ0) is 43.7. The van der Waals surface area contributed by atoms with Gasteiger partial charge in [0, 0.05) is 11.1 Å². The van der Waals surface area contributed by atoms with E-state index in [0.29, 0.717) is 18.9 Å². The van der Waals surface area contributed by atoms with Crippen LogP contribution in [0.15, 0.2) is 24.3 Å². The first-order valence-electron chi connectivity index (χ1n) is 22.0. The quantitative estimate of drug-likeness (QED) is 0.0214. The fraction of sp³-hybridized carbons (Fsp3) is 0.830. The van der Waals surface area contributed by atoms with Crippen LogP contribution in [0.25, 0.3) is 0 Å². The molecule has 1 rings (SSSR count). The lowest BCUT2D eigenvalue weighted by molar-refractivity contribution is -0.157. The van der Waals surface area contributed by atoms with Crippen molar-refractivity contribution in [3.05, 3.63) is 24.3 Å². The fourth-order valence-corrected chi connectivity index (χ4v) is 5.88. The molecule has 0 spiro atoms. The van der Waals surface area contributed by atoms with Gasteiger partial charge in [0.05, 0.1) is 35.7 Å². The topological polar surface area (TPSA) is 180 Å². The van der Waals surface area contributed by atoms with Gasteiger partial charge < -0.3 is 34.6 Å². The van der Waals surface area contributed by atoms with Gasteiger partial charge in [-0.1, -0.05) is 157 Å². The molecule has 0 amide bonds. The Hall–Kier alpha value is -2.76. The normalized spacial score (nSPS) is 14.3. The summed E-state index contributed by atoms with van der Waals surface area (Å²) in [6, 6.07) is 0. The maximum atomic E-state index is 12.5. The van der Waals surface area contributed by atoms with Crippen molar-refractivity contribution in [2.45, 2.75) is 222 Å². The highest BCUT2D eigenvalue weighted by molar-refractivity contribution is 5.89. The van der Waals surface area contributed by atoms with E-state index < -0.39 is 46.9 Å². The van der Waals surface area contributed by atoms with E-state index in [1.54, 1.807) is 13.8 Å². The van der Waals surface area contributed by atoms with Crippen molar-refractivity contribution >= 4 is 23.9 Å². The van der Waals surface area contributed by atoms with Crippen LogP contribution in [-0.2, 0) is 33.4 Å². The van der Waals surface area contributed by atoms with Gasteiger partial charge in [-0.2, -0.15) is 0 Å². The summed E-state index contributed by atoms with van der Waals surface area (Å²) in [6.07, 6.45) is 23.9. The van der Waals surface area contributed by atoms with E-state index in [0.717, 1.165) is 32.3 Å². The number of carbonyl (C=O) groups excluding carboxylic acids is 2. The molecule has 0 saturated carbocycles. The molecule has 1 aliphatic rings. The fourth-order valence-electron chi connectivity index (χ4n) is 5.88. The van der Waals surface area contributed by atoms with Gasteiger partial charge in [0.1, 0.15) is 13.2 Å². The third-order valence-electron chi connectivity index (χ3n) is 9.91. The van der Waals surface area contributed by atoms with Gasteiger partial charge in [0.15, 0.2) is 0 Å². The molecule has 0 bridgehead atoms. The number of hydrogen-bond acceptors (Lipinski definition) is 9. The molecule has 0 radical (unpaired) electrons. The van der Waals surface area contributed by atoms with E-state index in [2.05, 4.69) is 33.9 Å². The van der Waals surface area contributed by atoms with Gasteiger partial charge >= 0.3 is 23.9 Å². The summed E-state index contributed by atoms with van der Waals surface area (Å²) < 4.78 is 15.6. The lowest BCUT2D eigenvalue weighted by atomic mass is 9.86. The molecular formula is C47H88O11. The minimum absolute atomic E-state index is 0. The number of hydrogen-bond donors (Lipinski definition) is 4. The van der Waals surface area contributed by atoms with Crippen LogP contribution in [0.3, 0.4) is 0 Å². The molecule has 11 nitrogen and oxygen atoms in total. The average Bonchev–Trinajstić information content (AvgIpc) is 3.98. The van der Waals surface area contributed by atoms with Gasteiger partial charge in [-0.25, -0.2) is 9.59 Å². The molecule has 1 saturated heterocycles. The molecule has 1 fully saturated rings. The van der Waals surface area contributed by atoms with E-state index in [4.69, 9.17) is 24.4 Å². The number of aliphatic hydroxyl groups excluding tert-OH is 2. The summed E-state index contributed by atoms with van der Waals surface area (Å²) in [5, 5.41) is 37.2. The standard InChI is InChI=1S/C28H52O6.C10H20O.C8H12O4.CH4/c1-6-8-10-12-14-16-18-24(29)21-33-26(31)23(3)20-28(4,5)27(32)34-22-25(30)19-17-15-13-11-9-7-2;1-2-3-4-5-6-7-8-10-9-11-10;1-5(6(9)10)4-8(2,3)7(11)12;/h24-25,29-30H,3,6-22H2,1-2,4-5H3;10H,2-9H2,1H3;1,4H2,2-3H3,(H,9,10)(H,11,12);1H4. The Morgan fingerprint density at radius 1 is 0.621 bits per heavy atom. The molecule has 3 atom stereocenters. The summed E-state index contributed by atoms with van der Waals surface area (Å²) in [7, 11) is 0. The number of esters is 2. The van der Waals surface area contributed by atoms with E-state index in [1.165, 1.54) is 110 Å². The number of epoxide rings is 1. The number of carboxylic acid groups (broad SMARTS) is 2. The third kappa shape index (κ3) is 35.2. The van der Waals surface area contributed by atoms with Crippen molar-refractivity contribution in [3.63, 3.8) is 0 Å². The second-order valence-electron chi connectivity index (χ2n) is 17.1. The zero-order valence-corrected chi connectivity index (χ0v) is 37.2. The van der Waals surface area contributed by atoms with Crippen molar-refractivity contribution in [3.8, 4) is 0 Å². The van der Waals surface area contributed by atoms with Crippen molar-refractivity contribution in [2.75, 3.05) is 19.8 Å². The zero-order valence-electron chi connectivity index (χ0n) is 37.2. The Labute approximate surface area is 353 Å². The number of unbranched alkanes of at least 4 members (excludes halogenated alkanes) is 15. The summed E-state index contributed by atoms with van der Waals surface area (Å²) in [4.78, 5) is 45.6. The van der Waals surface area contributed by atoms with Gasteiger partial charge in [0.25, 0.3) is 0 Å². The second-order valence-corrected chi connectivity index (χ2v) is 17.1. The maximum absolute atomic E-state index is 12.5. The van der Waals surface area contributed by atoms with Crippen molar-refractivity contribution < 1.29 is 53.8 Å². The van der Waals surface area contributed by atoms with Gasteiger partial charge in [0.2, 0.25) is 0 Å². The van der Waals surface area contributed by atoms with Gasteiger partial charge in [-0.3, -0.25) is 9.59 Å². The highest BCUT2D eigenvalue weighted by Crippen LogP contribution is 2.28. The van der Waals surface area contributed by atoms with E-state index in [-0.39, 0.29) is 44.6 Å². The van der Waals surface area contributed by atoms with Gasteiger partial charge in [-0.15, -0.1) is 0 Å². The summed E-state index contributed by atoms with van der Waals surface area (Å²) in [6.45, 7) is 20.9. The molecule has 0 aromatic heterocycles. The Morgan fingerprint density at radius 2 is 1.00 bits per heavy atom. The minimum atomic E-state index is -1.15. The monoisotopic (exact) mass is 829 g/mol. The van der Waals surface area contributed by atoms with Crippen LogP contribution in [0.5, 0.6) is 0 Å². The Kier molecular flexibility index (Phi) is 37.1. The first-order valence-corrected chi connectivity index (χ1v) is 22.0. The molecule has 1 aliphatic heterocycles. The lowest BCUT2D eigenvalue weighted by Gasteiger charge is -2.24. The molecule has 0 aliphatic carbocycles. The molecule has 4 N–H and O–H groups in total. The minimum Gasteiger partial charge on any atom is -0.481 e. The Balaban J connectivity index is -0.00000102. The number of aliphatic hydroxyl groups is 2. The van der Waals surface area contributed by atoms with Crippen LogP contribution >= 0.6 is 0 Å². The summed E-state index contributed by atoms with van der Waals surface area (Å²) >= 11 is 0. The second kappa shape index (κ2) is 36.1. The number of rotatable bonds is 33. The maximum Gasteiger partial charge on any atom is 0.333 e. The molecule has 0 aromatic rings. The van der Waals surface area contributed by atoms with E-state index >= 15 is 0 Å². The SMILES string of the molecule is C.C=C(CC(C)(C)C(=O)O)C(=O)O.C=C(CC(C)(C)C(=O)OCC(O)CCCCCCCC)C(=O)OCC(O)CCCCCCCC.CCCCCCCCC1CO1. The molecule has 11 heteroatoms. The molecule has 1 heterocycles. The molecule has 3 unspecified atom stereocenters. The Bertz CT molecular complexity index is 1110. The summed E-state index contributed by atoms with van der Waals surface area (Å²) in [5.74, 6) is -3.26. The predicted molar refractivity (Wildman–Crippen MR) is 235 cm³/mol. The number of carbonyl (C=O) groups is 4. The van der Waals surface area contributed by atoms with Crippen LogP contribution < -0.4 is 0 Å². The number of ether oxygens (including phenoxy) is 3. The third-order valence-corrected chi connectivity index (χ3v) is 9.91. The molecule has 0 aromatic carbocycles. The number of aliphatic carboxylic acids is 2. The Morgan fingerprint density at radius 3 is 1.40 bits per heavy atom. The lowest BCUT2D eigenvalue weighted by Crippen LogP contribution is -2.31. The highest BCUT2D eigenvalue weighted by Gasteiger charge is 2.33. The van der Waals surface area contributed by atoms with E-state index in [1.807, 2.05) is 0 Å². The van der Waals surface area contributed by atoms with Crippen LogP contribution in [-0.4, -0.2) is 82.4 Å². The van der Waals surface area contributed by atoms with Crippen molar-refractivity contribution in [2.24, 2.45) is 10.8 Å². The number of carboxylic acids is 2. The highest BCUT2D eigenvalue weighted by atomic mass is 16.6. The van der Waals surface area contributed by atoms with Crippen LogP contribution in [0.1, 0.15) is 204 Å². The van der Waals surface area contributed by atoms with Gasteiger partial charge in [-0.05, 0) is 59.8 Å². The van der Waals surface area contributed by atoms with Crippen molar-refractivity contribution in [1.29, 1.82) is 0 Å². The van der Waals surface area contributed by atoms with Crippen LogP contribution in [0.4, 0.5) is 0 Å². The summed E-state index contributed by atoms with van der Waals surface area (Å²) in [5.41, 5.74) is -1.94. The molecular weight excluding hydrogens is 741 g/mol. The predicted octanol–water partition coefficient (Wildman–Crippen LogP) is 11.2. The van der Waals surface area contributed by atoms with E-state index in [9.17, 15) is 29.4 Å².